The van der Waals surface area contributed by atoms with E-state index >= 15 is 0 Å². The molecule has 5 nitrogen and oxygen atoms in total. The second-order valence-corrected chi connectivity index (χ2v) is 8.26. The minimum atomic E-state index is -3.65. The van der Waals surface area contributed by atoms with Gasteiger partial charge in [0.05, 0.1) is 6.26 Å². The Morgan fingerprint density at radius 1 is 1.26 bits per heavy atom. The minimum Gasteiger partial charge on any atom is -0.382 e. The van der Waals surface area contributed by atoms with Gasteiger partial charge in [0.15, 0.2) is 0 Å². The Balaban J connectivity index is 3.12. The smallest absolute Gasteiger partial charge is 0.306 e. The summed E-state index contributed by atoms with van der Waals surface area (Å²) in [5, 5.41) is 0.459. The summed E-state index contributed by atoms with van der Waals surface area (Å²) in [6.45, 7) is 8.04. The fourth-order valence-corrected chi connectivity index (χ4v) is 2.81. The summed E-state index contributed by atoms with van der Waals surface area (Å²) in [5.41, 5.74) is 0.564. The van der Waals surface area contributed by atoms with Crippen LogP contribution in [0.15, 0.2) is 18.2 Å². The number of carbonyl (C=O) groups excluding carboxylic acids is 1. The monoisotopic (exact) mass is 361 g/mol. The molecule has 0 saturated carbocycles. The van der Waals surface area contributed by atoms with Crippen LogP contribution in [-0.4, -0.2) is 31.5 Å². The molecule has 0 aliphatic heterocycles. The van der Waals surface area contributed by atoms with E-state index in [2.05, 4.69) is 0 Å². The van der Waals surface area contributed by atoms with Gasteiger partial charge in [-0.3, -0.25) is 4.79 Å². The molecule has 0 aromatic heterocycles. The van der Waals surface area contributed by atoms with Gasteiger partial charge in [0.25, 0.3) is 0 Å². The molecule has 1 amide bonds. The normalized spacial score (nSPS) is 11.8. The lowest BCUT2D eigenvalue weighted by Gasteiger charge is -2.28. The summed E-state index contributed by atoms with van der Waals surface area (Å²) in [6.07, 6.45) is 1.41. The first kappa shape index (κ1) is 19.8. The minimum absolute atomic E-state index is 0.0141. The summed E-state index contributed by atoms with van der Waals surface area (Å²) >= 11 is 6.01. The van der Waals surface area contributed by atoms with Gasteiger partial charge in [-0.1, -0.05) is 25.4 Å². The molecule has 0 atom stereocenters. The Morgan fingerprint density at radius 2 is 1.87 bits per heavy atom. The van der Waals surface area contributed by atoms with E-state index in [-0.39, 0.29) is 30.2 Å². The maximum atomic E-state index is 12.4. The van der Waals surface area contributed by atoms with Crippen molar-refractivity contribution in [2.24, 2.45) is 5.92 Å². The van der Waals surface area contributed by atoms with Crippen molar-refractivity contribution in [1.29, 1.82) is 0 Å². The zero-order chi connectivity index (χ0) is 17.8. The van der Waals surface area contributed by atoms with Crippen molar-refractivity contribution in [3.05, 3.63) is 28.8 Å². The number of rotatable bonds is 7. The molecule has 0 unspecified atom stereocenters. The predicted octanol–water partition coefficient (Wildman–Crippen LogP) is 3.46. The highest BCUT2D eigenvalue weighted by molar-refractivity contribution is 7.86. The Labute approximate surface area is 143 Å². The van der Waals surface area contributed by atoms with E-state index in [4.69, 9.17) is 15.8 Å². The lowest BCUT2D eigenvalue weighted by atomic mass is 10.1. The van der Waals surface area contributed by atoms with Crippen LogP contribution in [-0.2, 0) is 21.5 Å². The maximum absolute atomic E-state index is 12.4. The average molecular weight is 362 g/mol. The van der Waals surface area contributed by atoms with Crippen LogP contribution in [0.1, 0.15) is 39.7 Å². The highest BCUT2D eigenvalue weighted by Gasteiger charge is 2.21. The van der Waals surface area contributed by atoms with Crippen LogP contribution < -0.4 is 4.18 Å². The van der Waals surface area contributed by atoms with Gasteiger partial charge in [-0.05, 0) is 38.0 Å². The predicted molar refractivity (Wildman–Crippen MR) is 92.1 cm³/mol. The summed E-state index contributed by atoms with van der Waals surface area (Å²) in [4.78, 5) is 14.1. The molecule has 0 spiro atoms. The van der Waals surface area contributed by atoms with E-state index in [1.807, 2.05) is 27.7 Å². The van der Waals surface area contributed by atoms with Crippen molar-refractivity contribution in [3.8, 4) is 5.75 Å². The third kappa shape index (κ3) is 6.79. The standard InChI is InChI=1S/C16H24ClNO4S/c1-11(2)8-16(19)18(12(3)4)10-13-9-14(17)6-7-15(13)22-23(5,20)21/h6-7,9,11-12H,8,10H2,1-5H3. The van der Waals surface area contributed by atoms with Gasteiger partial charge < -0.3 is 9.08 Å². The number of amides is 1. The molecule has 23 heavy (non-hydrogen) atoms. The molecule has 0 N–H and O–H groups in total. The third-order valence-electron chi connectivity index (χ3n) is 3.13. The molecule has 0 radical (unpaired) electrons. The number of carbonyl (C=O) groups is 1. The van der Waals surface area contributed by atoms with Gasteiger partial charge in [0.2, 0.25) is 5.91 Å². The first-order chi connectivity index (χ1) is 10.5. The second kappa shape index (κ2) is 8.02. The van der Waals surface area contributed by atoms with Crippen LogP contribution in [0, 0.1) is 5.92 Å². The van der Waals surface area contributed by atoms with Crippen molar-refractivity contribution in [1.82, 2.24) is 4.90 Å². The second-order valence-electron chi connectivity index (χ2n) is 6.25. The molecular weight excluding hydrogens is 338 g/mol. The van der Waals surface area contributed by atoms with E-state index in [1.54, 1.807) is 17.0 Å². The first-order valence-electron chi connectivity index (χ1n) is 7.47. The van der Waals surface area contributed by atoms with Crippen molar-refractivity contribution >= 4 is 27.6 Å². The Kier molecular flexibility index (Phi) is 6.89. The van der Waals surface area contributed by atoms with Crippen LogP contribution in [0.25, 0.3) is 0 Å². The molecule has 1 aromatic carbocycles. The Hall–Kier alpha value is -1.27. The summed E-state index contributed by atoms with van der Waals surface area (Å²) in [6, 6.07) is 4.66. The molecular formula is C16H24ClNO4S. The van der Waals surface area contributed by atoms with Crippen LogP contribution >= 0.6 is 11.6 Å². The van der Waals surface area contributed by atoms with Crippen molar-refractivity contribution in [2.75, 3.05) is 6.26 Å². The van der Waals surface area contributed by atoms with E-state index in [0.717, 1.165) is 6.26 Å². The number of halogens is 1. The van der Waals surface area contributed by atoms with E-state index in [9.17, 15) is 13.2 Å². The molecule has 7 heteroatoms. The number of hydrogen-bond acceptors (Lipinski definition) is 4. The molecule has 1 aromatic rings. The van der Waals surface area contributed by atoms with Gasteiger partial charge in [0, 0.05) is 29.6 Å². The quantitative estimate of drug-likeness (QED) is 0.697. The van der Waals surface area contributed by atoms with E-state index < -0.39 is 10.1 Å². The van der Waals surface area contributed by atoms with Crippen LogP contribution in [0.3, 0.4) is 0 Å². The molecule has 0 saturated heterocycles. The molecule has 0 heterocycles. The highest BCUT2D eigenvalue weighted by atomic mass is 35.5. The topological polar surface area (TPSA) is 63.7 Å². The van der Waals surface area contributed by atoms with Crippen LogP contribution in [0.4, 0.5) is 0 Å². The molecule has 0 aliphatic rings. The summed E-state index contributed by atoms with van der Waals surface area (Å²) in [5.74, 6) is 0.454. The molecule has 0 aliphatic carbocycles. The lowest BCUT2D eigenvalue weighted by molar-refractivity contribution is -0.134. The molecule has 1 rings (SSSR count). The fraction of sp³-hybridized carbons (Fsp3) is 0.562. The van der Waals surface area contributed by atoms with E-state index in [1.165, 1.54) is 6.07 Å². The molecule has 0 fully saturated rings. The Morgan fingerprint density at radius 3 is 2.35 bits per heavy atom. The van der Waals surface area contributed by atoms with Crippen LogP contribution in [0.5, 0.6) is 5.75 Å². The fourth-order valence-electron chi connectivity index (χ4n) is 2.12. The maximum Gasteiger partial charge on any atom is 0.306 e. The van der Waals surface area contributed by atoms with Gasteiger partial charge in [-0.2, -0.15) is 8.42 Å². The SMILES string of the molecule is CC(C)CC(=O)N(Cc1cc(Cl)ccc1OS(C)(=O)=O)C(C)C. The number of nitrogens with zero attached hydrogens (tertiary/aromatic N) is 1. The highest BCUT2D eigenvalue weighted by Crippen LogP contribution is 2.26. The first-order valence-corrected chi connectivity index (χ1v) is 9.66. The third-order valence-corrected chi connectivity index (χ3v) is 3.85. The zero-order valence-electron chi connectivity index (χ0n) is 14.2. The number of hydrogen-bond donors (Lipinski definition) is 0. The largest absolute Gasteiger partial charge is 0.382 e. The summed E-state index contributed by atoms with van der Waals surface area (Å²) < 4.78 is 27.8. The summed E-state index contributed by atoms with van der Waals surface area (Å²) in [7, 11) is -3.65. The van der Waals surface area contributed by atoms with Crippen molar-refractivity contribution in [3.63, 3.8) is 0 Å². The van der Waals surface area contributed by atoms with Crippen molar-refractivity contribution < 1.29 is 17.4 Å². The van der Waals surface area contributed by atoms with Crippen molar-refractivity contribution in [2.45, 2.75) is 46.7 Å². The molecule has 0 bridgehead atoms. The lowest BCUT2D eigenvalue weighted by Crippen LogP contribution is -2.37. The van der Waals surface area contributed by atoms with Gasteiger partial charge in [0.1, 0.15) is 5.75 Å². The van der Waals surface area contributed by atoms with Gasteiger partial charge >= 0.3 is 10.1 Å². The molecule has 130 valence electrons. The number of benzene rings is 1. The Bertz CT molecular complexity index is 656. The van der Waals surface area contributed by atoms with Gasteiger partial charge in [-0.15, -0.1) is 0 Å². The average Bonchev–Trinajstić information content (AvgIpc) is 2.35. The zero-order valence-corrected chi connectivity index (χ0v) is 15.7. The van der Waals surface area contributed by atoms with Gasteiger partial charge in [-0.25, -0.2) is 0 Å². The van der Waals surface area contributed by atoms with E-state index in [0.29, 0.717) is 17.0 Å². The van der Waals surface area contributed by atoms with Crippen LogP contribution in [0.2, 0.25) is 5.02 Å².